The van der Waals surface area contributed by atoms with Crippen LogP contribution in [0.3, 0.4) is 0 Å². The van der Waals surface area contributed by atoms with Crippen molar-refractivity contribution in [2.75, 3.05) is 37.0 Å². The molecule has 0 unspecified atom stereocenters. The van der Waals surface area contributed by atoms with E-state index >= 15 is 4.39 Å². The van der Waals surface area contributed by atoms with Crippen LogP contribution in [0.5, 0.6) is 5.75 Å². The quantitative estimate of drug-likeness (QED) is 0.650. The molecule has 0 aliphatic carbocycles. The van der Waals surface area contributed by atoms with Crippen LogP contribution in [0.25, 0.3) is 0 Å². The van der Waals surface area contributed by atoms with Gasteiger partial charge in [-0.2, -0.15) is 8.42 Å². The minimum Gasteiger partial charge on any atom is -0.506 e. The zero-order valence-corrected chi connectivity index (χ0v) is 14.3. The van der Waals surface area contributed by atoms with Gasteiger partial charge in [-0.3, -0.25) is 9.69 Å². The molecule has 0 aromatic heterocycles. The van der Waals surface area contributed by atoms with Gasteiger partial charge in [0.2, 0.25) is 0 Å². The predicted molar refractivity (Wildman–Crippen MR) is 87.8 cm³/mol. The fraction of sp³-hybridized carbons (Fsp3) is 0.533. The van der Waals surface area contributed by atoms with Crippen LogP contribution < -0.4 is 14.3 Å². The van der Waals surface area contributed by atoms with Gasteiger partial charge in [0.1, 0.15) is 18.0 Å². The molecule has 3 aliphatic rings. The van der Waals surface area contributed by atoms with E-state index in [1.807, 2.05) is 0 Å². The highest BCUT2D eigenvalue weighted by Gasteiger charge is 2.39. The van der Waals surface area contributed by atoms with Gasteiger partial charge in [0.05, 0.1) is 0 Å². The van der Waals surface area contributed by atoms with Crippen LogP contribution in [0.2, 0.25) is 0 Å². The maximum Gasteiger partial charge on any atom is 0.326 e. The molecule has 0 spiro atoms. The fourth-order valence-corrected chi connectivity index (χ4v) is 4.74. The molecule has 25 heavy (non-hydrogen) atoms. The summed E-state index contributed by atoms with van der Waals surface area (Å²) in [6.07, 6.45) is 0.587. The highest BCUT2D eigenvalue weighted by molar-refractivity contribution is 7.92. The van der Waals surface area contributed by atoms with E-state index in [1.54, 1.807) is 4.72 Å². The van der Waals surface area contributed by atoms with Crippen molar-refractivity contribution in [2.45, 2.75) is 13.0 Å². The molecule has 0 radical (unpaired) electrons. The van der Waals surface area contributed by atoms with Crippen molar-refractivity contribution < 1.29 is 22.7 Å². The molecule has 3 aliphatic heterocycles. The normalized spacial score (nSPS) is 23.2. The van der Waals surface area contributed by atoms with Gasteiger partial charge in [0, 0.05) is 38.3 Å². The number of carbonyl (C=O) groups excluding carboxylic acids is 1. The number of phenolic OH excluding ortho intramolecular Hbond substituents is 1. The SMILES string of the molecule is O=C1CN(c2c(O)cc3c(c2F)CN(CC2CNC2)CC3)S(=O)(=O)N1. The number of carbonyl (C=O) groups is 1. The van der Waals surface area contributed by atoms with E-state index in [0.29, 0.717) is 34.3 Å². The molecule has 0 atom stereocenters. The number of aromatic hydroxyl groups is 1. The summed E-state index contributed by atoms with van der Waals surface area (Å²) in [6.45, 7) is 3.34. The number of nitrogens with one attached hydrogen (secondary N) is 2. The van der Waals surface area contributed by atoms with Crippen LogP contribution in [-0.4, -0.2) is 57.1 Å². The molecule has 2 saturated heterocycles. The first-order chi connectivity index (χ1) is 11.8. The third kappa shape index (κ3) is 2.83. The number of hydrogen-bond acceptors (Lipinski definition) is 6. The lowest BCUT2D eigenvalue weighted by Gasteiger charge is -2.36. The number of benzene rings is 1. The largest absolute Gasteiger partial charge is 0.506 e. The Labute approximate surface area is 144 Å². The van der Waals surface area contributed by atoms with Gasteiger partial charge in [-0.05, 0) is 24.0 Å². The monoisotopic (exact) mass is 370 g/mol. The van der Waals surface area contributed by atoms with Crippen LogP contribution in [0.1, 0.15) is 11.1 Å². The zero-order valence-electron chi connectivity index (χ0n) is 13.5. The standard InChI is InChI=1S/C15H19FN4O4S/c16-14-11-7-19(6-9-4-17-5-9)2-1-10(11)3-12(21)15(14)20-8-13(22)18-25(20,23)24/h3,9,17,21H,1-2,4-8H2,(H,18,22). The van der Waals surface area contributed by atoms with Crippen molar-refractivity contribution in [1.82, 2.24) is 14.9 Å². The van der Waals surface area contributed by atoms with E-state index in [9.17, 15) is 18.3 Å². The number of phenols is 1. The van der Waals surface area contributed by atoms with Crippen molar-refractivity contribution in [3.63, 3.8) is 0 Å². The Balaban J connectivity index is 1.68. The summed E-state index contributed by atoms with van der Waals surface area (Å²) >= 11 is 0. The zero-order chi connectivity index (χ0) is 17.8. The second-order valence-corrected chi connectivity index (χ2v) is 8.34. The van der Waals surface area contributed by atoms with Gasteiger partial charge in [-0.25, -0.2) is 13.4 Å². The summed E-state index contributed by atoms with van der Waals surface area (Å²) in [7, 11) is -4.18. The van der Waals surface area contributed by atoms with Crippen molar-refractivity contribution in [1.29, 1.82) is 0 Å². The molecule has 1 amide bonds. The third-order valence-electron chi connectivity index (χ3n) is 4.95. The summed E-state index contributed by atoms with van der Waals surface area (Å²) in [5, 5.41) is 13.4. The number of rotatable bonds is 3. The topological polar surface area (TPSA) is 102 Å². The second-order valence-electron chi connectivity index (χ2n) is 6.74. The highest BCUT2D eigenvalue weighted by atomic mass is 32.2. The summed E-state index contributed by atoms with van der Waals surface area (Å²) in [5.74, 6) is -1.45. The molecule has 4 rings (SSSR count). The Morgan fingerprint density at radius 2 is 2.08 bits per heavy atom. The molecule has 3 N–H and O–H groups in total. The summed E-state index contributed by atoms with van der Waals surface area (Å²) in [5.41, 5.74) is 0.614. The fourth-order valence-electron chi connectivity index (χ4n) is 3.57. The van der Waals surface area contributed by atoms with E-state index in [-0.39, 0.29) is 0 Å². The first kappa shape index (κ1) is 16.6. The van der Waals surface area contributed by atoms with Gasteiger partial charge in [0.15, 0.2) is 5.82 Å². The molecule has 3 heterocycles. The van der Waals surface area contributed by atoms with Crippen molar-refractivity contribution >= 4 is 21.8 Å². The maximum atomic E-state index is 15.1. The van der Waals surface area contributed by atoms with E-state index < -0.39 is 39.9 Å². The van der Waals surface area contributed by atoms with Gasteiger partial charge < -0.3 is 10.4 Å². The molecule has 1 aromatic rings. The predicted octanol–water partition coefficient (Wildman–Crippen LogP) is -0.710. The number of hydrogen-bond donors (Lipinski definition) is 3. The minimum atomic E-state index is -4.18. The van der Waals surface area contributed by atoms with Crippen molar-refractivity contribution in [2.24, 2.45) is 5.92 Å². The van der Waals surface area contributed by atoms with Crippen LogP contribution in [0.15, 0.2) is 6.07 Å². The third-order valence-corrected chi connectivity index (χ3v) is 6.32. The Hall–Kier alpha value is -1.91. The van der Waals surface area contributed by atoms with E-state index in [4.69, 9.17) is 0 Å². The first-order valence-corrected chi connectivity index (χ1v) is 9.59. The highest BCUT2D eigenvalue weighted by Crippen LogP contribution is 2.39. The van der Waals surface area contributed by atoms with E-state index in [0.717, 1.165) is 26.2 Å². The Bertz CT molecular complexity index is 840. The Morgan fingerprint density at radius 1 is 1.32 bits per heavy atom. The lowest BCUT2D eigenvalue weighted by molar-refractivity contribution is -0.117. The molecule has 136 valence electrons. The lowest BCUT2D eigenvalue weighted by Crippen LogP contribution is -2.49. The van der Waals surface area contributed by atoms with Crippen LogP contribution in [0.4, 0.5) is 10.1 Å². The maximum absolute atomic E-state index is 15.1. The number of anilines is 1. The number of fused-ring (bicyclic) bond motifs is 1. The number of amides is 1. The average molecular weight is 370 g/mol. The minimum absolute atomic E-state index is 0.361. The summed E-state index contributed by atoms with van der Waals surface area (Å²) in [6, 6.07) is 1.41. The van der Waals surface area contributed by atoms with Gasteiger partial charge in [0.25, 0.3) is 5.91 Å². The summed E-state index contributed by atoms with van der Waals surface area (Å²) in [4.78, 5) is 13.6. The molecular formula is C15H19FN4O4S. The van der Waals surface area contributed by atoms with Crippen molar-refractivity contribution in [3.8, 4) is 5.75 Å². The first-order valence-electron chi connectivity index (χ1n) is 8.15. The van der Waals surface area contributed by atoms with Crippen LogP contribution in [-0.2, 0) is 28.0 Å². The van der Waals surface area contributed by atoms with Gasteiger partial charge in [-0.15, -0.1) is 0 Å². The molecule has 0 bridgehead atoms. The van der Waals surface area contributed by atoms with E-state index in [1.165, 1.54) is 6.07 Å². The summed E-state index contributed by atoms with van der Waals surface area (Å²) < 4.78 is 41.5. The second kappa shape index (κ2) is 5.82. The number of halogens is 1. The number of nitrogens with zero attached hydrogens (tertiary/aromatic N) is 2. The van der Waals surface area contributed by atoms with E-state index in [2.05, 4.69) is 10.2 Å². The molecule has 1 aromatic carbocycles. The van der Waals surface area contributed by atoms with Crippen LogP contribution >= 0.6 is 0 Å². The smallest absolute Gasteiger partial charge is 0.326 e. The molecular weight excluding hydrogens is 351 g/mol. The Kier molecular flexibility index (Phi) is 3.85. The van der Waals surface area contributed by atoms with Gasteiger partial charge in [-0.1, -0.05) is 0 Å². The molecule has 8 nitrogen and oxygen atoms in total. The molecule has 0 saturated carbocycles. The molecule has 2 fully saturated rings. The average Bonchev–Trinajstić information content (AvgIpc) is 2.76. The lowest BCUT2D eigenvalue weighted by atomic mass is 9.95. The molecule has 10 heteroatoms. The van der Waals surface area contributed by atoms with Crippen molar-refractivity contribution in [3.05, 3.63) is 23.0 Å². The van der Waals surface area contributed by atoms with Gasteiger partial charge >= 0.3 is 10.2 Å². The Morgan fingerprint density at radius 3 is 2.68 bits per heavy atom. The van der Waals surface area contributed by atoms with Crippen LogP contribution in [0, 0.1) is 11.7 Å².